The lowest BCUT2D eigenvalue weighted by molar-refractivity contribution is 0.249. The smallest absolute Gasteiger partial charge is 0.231 e. The van der Waals surface area contributed by atoms with Gasteiger partial charge in [-0.15, -0.1) is 0 Å². The Balaban J connectivity index is 1.40. The maximum absolute atomic E-state index is 4.80. The Morgan fingerprint density at radius 3 is 2.22 bits per heavy atom. The Hall–Kier alpha value is -2.92. The second-order valence-electron chi connectivity index (χ2n) is 6.86. The van der Waals surface area contributed by atoms with Crippen LogP contribution in [0.5, 0.6) is 0 Å². The number of hydrogen-bond acceptors (Lipinski definition) is 5. The summed E-state index contributed by atoms with van der Waals surface area (Å²) in [6.45, 7) is 5.07. The van der Waals surface area contributed by atoms with Crippen molar-refractivity contribution in [3.8, 4) is 0 Å². The van der Waals surface area contributed by atoms with Crippen LogP contribution in [0.2, 0.25) is 0 Å². The second kappa shape index (κ2) is 8.18. The van der Waals surface area contributed by atoms with Gasteiger partial charge in [0.05, 0.1) is 0 Å². The van der Waals surface area contributed by atoms with Crippen LogP contribution in [0.25, 0.3) is 0 Å². The maximum Gasteiger partial charge on any atom is 0.231 e. The minimum Gasteiger partial charge on any atom is -0.354 e. The number of para-hydroxylation sites is 1. The molecule has 4 rings (SSSR count). The molecule has 0 aliphatic carbocycles. The monoisotopic (exact) mass is 359 g/mol. The van der Waals surface area contributed by atoms with Gasteiger partial charge >= 0.3 is 0 Å². The topological polar surface area (TPSA) is 35.5 Å². The quantitative estimate of drug-likeness (QED) is 0.696. The fourth-order valence-electron chi connectivity index (χ4n) is 3.42. The Morgan fingerprint density at radius 2 is 1.52 bits per heavy atom. The van der Waals surface area contributed by atoms with E-state index in [-0.39, 0.29) is 0 Å². The zero-order valence-electron chi connectivity index (χ0n) is 15.7. The van der Waals surface area contributed by atoms with Gasteiger partial charge in [-0.25, -0.2) is 4.98 Å². The molecule has 1 aliphatic heterocycles. The van der Waals surface area contributed by atoms with Gasteiger partial charge in [-0.05, 0) is 23.8 Å². The first kappa shape index (κ1) is 17.5. The van der Waals surface area contributed by atoms with E-state index in [4.69, 9.17) is 4.98 Å². The van der Waals surface area contributed by atoms with E-state index in [1.165, 1.54) is 5.56 Å². The third-order valence-corrected chi connectivity index (χ3v) is 5.02. The van der Waals surface area contributed by atoms with Crippen molar-refractivity contribution in [1.29, 1.82) is 0 Å². The Bertz CT molecular complexity index is 845. The van der Waals surface area contributed by atoms with Gasteiger partial charge in [0.25, 0.3) is 0 Å². The van der Waals surface area contributed by atoms with E-state index >= 15 is 0 Å². The number of nitrogens with zero attached hydrogens (tertiary/aromatic N) is 5. The van der Waals surface area contributed by atoms with Gasteiger partial charge < -0.3 is 9.80 Å². The van der Waals surface area contributed by atoms with E-state index in [2.05, 4.69) is 57.2 Å². The molecule has 3 aromatic rings. The number of hydrogen-bond donors (Lipinski definition) is 0. The molecule has 5 heteroatoms. The summed E-state index contributed by atoms with van der Waals surface area (Å²) in [5.41, 5.74) is 2.46. The predicted octanol–water partition coefficient (Wildman–Crippen LogP) is 3.57. The lowest BCUT2D eigenvalue weighted by atomic mass is 10.2. The molecule has 1 aliphatic rings. The van der Waals surface area contributed by atoms with Crippen molar-refractivity contribution < 1.29 is 0 Å². The highest BCUT2D eigenvalue weighted by atomic mass is 15.3. The summed E-state index contributed by atoms with van der Waals surface area (Å²) < 4.78 is 0. The van der Waals surface area contributed by atoms with Gasteiger partial charge in [0.15, 0.2) is 0 Å². The molecule has 0 bridgehead atoms. The molecule has 0 spiro atoms. The third-order valence-electron chi connectivity index (χ3n) is 5.02. The average Bonchev–Trinajstić information content (AvgIpc) is 2.75. The molecule has 27 heavy (non-hydrogen) atoms. The molecule has 138 valence electrons. The van der Waals surface area contributed by atoms with Crippen LogP contribution in [0.4, 0.5) is 17.5 Å². The SMILES string of the molecule is CN(c1ccccc1)c1nccc(N2CCN(Cc3ccccc3)CC2)n1. The summed E-state index contributed by atoms with van der Waals surface area (Å²) in [4.78, 5) is 16.1. The van der Waals surface area contributed by atoms with Crippen molar-refractivity contribution in [2.24, 2.45) is 0 Å². The van der Waals surface area contributed by atoms with E-state index in [0.29, 0.717) is 0 Å². The number of rotatable bonds is 5. The standard InChI is InChI=1S/C22H25N5/c1-25(20-10-6-3-7-11-20)22-23-13-12-21(24-22)27-16-14-26(15-17-27)18-19-8-4-2-5-9-19/h2-13H,14-18H2,1H3. The van der Waals surface area contributed by atoms with Crippen LogP contribution < -0.4 is 9.80 Å². The molecule has 5 nitrogen and oxygen atoms in total. The van der Waals surface area contributed by atoms with Gasteiger partial charge in [0.2, 0.25) is 5.95 Å². The normalized spacial score (nSPS) is 14.9. The summed E-state index contributed by atoms with van der Waals surface area (Å²) in [5, 5.41) is 0. The van der Waals surface area contributed by atoms with Crippen LogP contribution in [-0.4, -0.2) is 48.1 Å². The molecule has 0 unspecified atom stereocenters. The van der Waals surface area contributed by atoms with Gasteiger partial charge in [-0.2, -0.15) is 4.98 Å². The molecule has 2 aromatic carbocycles. The third kappa shape index (κ3) is 4.26. The van der Waals surface area contributed by atoms with Crippen LogP contribution in [0.15, 0.2) is 72.9 Å². The van der Waals surface area contributed by atoms with Crippen molar-refractivity contribution >= 4 is 17.5 Å². The number of aromatic nitrogens is 2. The zero-order chi connectivity index (χ0) is 18.5. The lowest BCUT2D eigenvalue weighted by Gasteiger charge is -2.35. The maximum atomic E-state index is 4.80. The average molecular weight is 359 g/mol. The Morgan fingerprint density at radius 1 is 0.852 bits per heavy atom. The van der Waals surface area contributed by atoms with E-state index in [1.807, 2.05) is 42.4 Å². The van der Waals surface area contributed by atoms with Crippen molar-refractivity contribution in [3.05, 3.63) is 78.5 Å². The second-order valence-corrected chi connectivity index (χ2v) is 6.86. The van der Waals surface area contributed by atoms with Crippen LogP contribution in [-0.2, 0) is 6.54 Å². The number of anilines is 3. The molecular weight excluding hydrogens is 334 g/mol. The van der Waals surface area contributed by atoms with Crippen LogP contribution in [0.3, 0.4) is 0 Å². The Kier molecular flexibility index (Phi) is 5.30. The summed E-state index contributed by atoms with van der Waals surface area (Å²) in [7, 11) is 2.01. The molecule has 1 aromatic heterocycles. The molecule has 0 radical (unpaired) electrons. The van der Waals surface area contributed by atoms with E-state index in [1.54, 1.807) is 0 Å². The van der Waals surface area contributed by atoms with E-state index < -0.39 is 0 Å². The Labute approximate surface area is 160 Å². The van der Waals surface area contributed by atoms with E-state index in [9.17, 15) is 0 Å². The molecule has 2 heterocycles. The molecule has 0 atom stereocenters. The first-order chi connectivity index (χ1) is 13.3. The molecule has 1 saturated heterocycles. The lowest BCUT2D eigenvalue weighted by Crippen LogP contribution is -2.46. The highest BCUT2D eigenvalue weighted by molar-refractivity contribution is 5.57. The minimum atomic E-state index is 0.727. The molecule has 0 saturated carbocycles. The first-order valence-corrected chi connectivity index (χ1v) is 9.43. The van der Waals surface area contributed by atoms with Gasteiger partial charge in [-0.1, -0.05) is 48.5 Å². The zero-order valence-corrected chi connectivity index (χ0v) is 15.7. The van der Waals surface area contributed by atoms with Crippen LogP contribution >= 0.6 is 0 Å². The summed E-state index contributed by atoms with van der Waals surface area (Å²) in [6.07, 6.45) is 1.85. The van der Waals surface area contributed by atoms with Gasteiger partial charge in [0, 0.05) is 51.7 Å². The highest BCUT2D eigenvalue weighted by Gasteiger charge is 2.19. The molecular formula is C22H25N5. The van der Waals surface area contributed by atoms with Crippen molar-refractivity contribution in [3.63, 3.8) is 0 Å². The van der Waals surface area contributed by atoms with E-state index in [0.717, 1.165) is 50.2 Å². The van der Waals surface area contributed by atoms with Crippen LogP contribution in [0.1, 0.15) is 5.56 Å². The van der Waals surface area contributed by atoms with Gasteiger partial charge in [0.1, 0.15) is 5.82 Å². The van der Waals surface area contributed by atoms with Gasteiger partial charge in [-0.3, -0.25) is 4.90 Å². The predicted molar refractivity (Wildman–Crippen MR) is 110 cm³/mol. The largest absolute Gasteiger partial charge is 0.354 e. The number of piperazine rings is 1. The fraction of sp³-hybridized carbons (Fsp3) is 0.273. The summed E-state index contributed by atoms with van der Waals surface area (Å²) in [6, 6.07) is 22.9. The van der Waals surface area contributed by atoms with Crippen LogP contribution in [0, 0.1) is 0 Å². The highest BCUT2D eigenvalue weighted by Crippen LogP contribution is 2.22. The first-order valence-electron chi connectivity index (χ1n) is 9.43. The van der Waals surface area contributed by atoms with Crippen molar-refractivity contribution in [2.75, 3.05) is 43.0 Å². The molecule has 1 fully saturated rings. The summed E-state index contributed by atoms with van der Waals surface area (Å²) in [5.74, 6) is 1.73. The minimum absolute atomic E-state index is 0.727. The number of benzene rings is 2. The van der Waals surface area contributed by atoms with Crippen molar-refractivity contribution in [1.82, 2.24) is 14.9 Å². The summed E-state index contributed by atoms with van der Waals surface area (Å²) >= 11 is 0. The fourth-order valence-corrected chi connectivity index (χ4v) is 3.42. The van der Waals surface area contributed by atoms with Crippen molar-refractivity contribution in [2.45, 2.75) is 6.54 Å². The molecule has 0 amide bonds. The molecule has 0 N–H and O–H groups in total.